The first-order valence-corrected chi connectivity index (χ1v) is 6.76. The van der Waals surface area contributed by atoms with Crippen molar-refractivity contribution in [3.8, 4) is 0 Å². The Hall–Kier alpha value is -0.510. The highest BCUT2D eigenvalue weighted by Gasteiger charge is 2.13. The van der Waals surface area contributed by atoms with E-state index in [1.807, 2.05) is 0 Å². The number of rotatable bonds is 7. The third-order valence-electron chi connectivity index (χ3n) is 2.32. The van der Waals surface area contributed by atoms with Gasteiger partial charge in [-0.1, -0.05) is 0 Å². The van der Waals surface area contributed by atoms with Gasteiger partial charge in [-0.15, -0.1) is 12.4 Å². The van der Waals surface area contributed by atoms with Crippen LogP contribution in [0.4, 0.5) is 8.78 Å². The van der Waals surface area contributed by atoms with Crippen LogP contribution >= 0.6 is 35.0 Å². The van der Waals surface area contributed by atoms with Gasteiger partial charge in [0.05, 0.1) is 12.2 Å². The highest BCUT2D eigenvalue weighted by molar-refractivity contribution is 14.1. The predicted molar refractivity (Wildman–Crippen MR) is 83.4 cm³/mol. The predicted octanol–water partition coefficient (Wildman–Crippen LogP) is 1.96. The molecule has 0 aliphatic heterocycles. The van der Waals surface area contributed by atoms with Crippen molar-refractivity contribution in [2.24, 2.45) is 0 Å². The zero-order valence-corrected chi connectivity index (χ0v) is 13.8. The molecule has 0 saturated heterocycles. The molecule has 20 heavy (non-hydrogen) atoms. The smallest absolute Gasteiger partial charge is 0.252 e. The van der Waals surface area contributed by atoms with Crippen molar-refractivity contribution < 1.29 is 18.3 Å². The first kappa shape index (κ1) is 19.5. The summed E-state index contributed by atoms with van der Waals surface area (Å²) < 4.78 is 31.2. The first-order valence-electron chi connectivity index (χ1n) is 5.68. The van der Waals surface area contributed by atoms with Crippen molar-refractivity contribution in [1.29, 1.82) is 0 Å². The Kier molecular flexibility index (Phi) is 9.99. The molecule has 1 amide bonds. The van der Waals surface area contributed by atoms with Crippen molar-refractivity contribution in [3.63, 3.8) is 0 Å². The second-order valence-corrected chi connectivity index (χ2v) is 4.91. The molecule has 0 radical (unpaired) electrons. The van der Waals surface area contributed by atoms with Crippen LogP contribution in [0.1, 0.15) is 10.4 Å². The van der Waals surface area contributed by atoms with Crippen molar-refractivity contribution in [1.82, 2.24) is 10.6 Å². The Morgan fingerprint density at radius 1 is 1.25 bits per heavy atom. The molecule has 0 saturated carbocycles. The van der Waals surface area contributed by atoms with Gasteiger partial charge in [-0.25, -0.2) is 8.78 Å². The number of ether oxygens (including phenoxy) is 1. The van der Waals surface area contributed by atoms with E-state index in [2.05, 4.69) is 10.6 Å². The van der Waals surface area contributed by atoms with Gasteiger partial charge in [0.15, 0.2) is 11.6 Å². The fourth-order valence-electron chi connectivity index (χ4n) is 1.36. The topological polar surface area (TPSA) is 50.4 Å². The molecular weight excluding hydrogens is 404 g/mol. The molecule has 0 spiro atoms. The van der Waals surface area contributed by atoms with Gasteiger partial charge < -0.3 is 15.4 Å². The molecule has 2 N–H and O–H groups in total. The van der Waals surface area contributed by atoms with E-state index in [0.29, 0.717) is 29.8 Å². The Bertz CT molecular complexity index is 450. The zero-order chi connectivity index (χ0) is 14.3. The monoisotopic (exact) mass is 420 g/mol. The SMILES string of the molecule is COCCNCCNC(=O)c1cc(F)c(F)cc1I.Cl. The van der Waals surface area contributed by atoms with Gasteiger partial charge in [-0.05, 0) is 34.7 Å². The average molecular weight is 421 g/mol. The van der Waals surface area contributed by atoms with Gasteiger partial charge in [-0.2, -0.15) is 0 Å². The van der Waals surface area contributed by atoms with Crippen LogP contribution in [0.3, 0.4) is 0 Å². The third-order valence-corrected chi connectivity index (χ3v) is 3.22. The van der Waals surface area contributed by atoms with E-state index in [0.717, 1.165) is 12.1 Å². The molecule has 114 valence electrons. The average Bonchev–Trinajstić information content (AvgIpc) is 2.37. The molecule has 1 aromatic carbocycles. The summed E-state index contributed by atoms with van der Waals surface area (Å²) in [5.74, 6) is -2.40. The van der Waals surface area contributed by atoms with Crippen molar-refractivity contribution in [3.05, 3.63) is 32.9 Å². The van der Waals surface area contributed by atoms with Gasteiger partial charge >= 0.3 is 0 Å². The lowest BCUT2D eigenvalue weighted by Gasteiger charge is -2.08. The van der Waals surface area contributed by atoms with E-state index in [1.165, 1.54) is 0 Å². The summed E-state index contributed by atoms with van der Waals surface area (Å²) in [6, 6.07) is 1.91. The second kappa shape index (κ2) is 10.3. The van der Waals surface area contributed by atoms with E-state index < -0.39 is 17.5 Å². The fourth-order valence-corrected chi connectivity index (χ4v) is 2.03. The number of hydrogen-bond donors (Lipinski definition) is 2. The number of methoxy groups -OCH3 is 1. The number of nitrogens with one attached hydrogen (secondary N) is 2. The fraction of sp³-hybridized carbons (Fsp3) is 0.417. The zero-order valence-electron chi connectivity index (χ0n) is 10.8. The number of carbonyl (C=O) groups excluding carboxylic acids is 1. The molecular formula is C12H16ClF2IN2O2. The van der Waals surface area contributed by atoms with E-state index >= 15 is 0 Å². The van der Waals surface area contributed by atoms with Gasteiger partial charge in [0.25, 0.3) is 5.91 Å². The van der Waals surface area contributed by atoms with Crippen LogP contribution in [0.15, 0.2) is 12.1 Å². The molecule has 0 aromatic heterocycles. The molecule has 0 aliphatic carbocycles. The van der Waals surface area contributed by atoms with Crippen LogP contribution in [0.5, 0.6) is 0 Å². The Morgan fingerprint density at radius 2 is 1.90 bits per heavy atom. The maximum Gasteiger partial charge on any atom is 0.252 e. The Labute approximate surface area is 136 Å². The Morgan fingerprint density at radius 3 is 2.55 bits per heavy atom. The highest BCUT2D eigenvalue weighted by atomic mass is 127. The van der Waals surface area contributed by atoms with Gasteiger partial charge in [0.2, 0.25) is 0 Å². The van der Waals surface area contributed by atoms with Crippen molar-refractivity contribution >= 4 is 40.9 Å². The van der Waals surface area contributed by atoms with Crippen LogP contribution in [-0.4, -0.2) is 39.3 Å². The largest absolute Gasteiger partial charge is 0.383 e. The summed E-state index contributed by atoms with van der Waals surface area (Å²) in [4.78, 5) is 11.8. The molecule has 8 heteroatoms. The lowest BCUT2D eigenvalue weighted by Crippen LogP contribution is -2.33. The number of hydrogen-bond acceptors (Lipinski definition) is 3. The van der Waals surface area contributed by atoms with Crippen molar-refractivity contribution in [2.75, 3.05) is 33.4 Å². The minimum atomic E-state index is -1.02. The summed E-state index contributed by atoms with van der Waals surface area (Å²) in [6.07, 6.45) is 0. The molecule has 0 unspecified atom stereocenters. The minimum absolute atomic E-state index is 0. The normalized spacial score (nSPS) is 10.0. The lowest BCUT2D eigenvalue weighted by atomic mass is 10.2. The maximum atomic E-state index is 13.1. The number of amides is 1. The highest BCUT2D eigenvalue weighted by Crippen LogP contribution is 2.16. The quantitative estimate of drug-likeness (QED) is 0.403. The van der Waals surface area contributed by atoms with Crippen LogP contribution < -0.4 is 10.6 Å². The van der Waals surface area contributed by atoms with Crippen LogP contribution in [0.2, 0.25) is 0 Å². The number of benzene rings is 1. The summed E-state index contributed by atoms with van der Waals surface area (Å²) in [5, 5.41) is 5.68. The molecule has 1 aromatic rings. The van der Waals surface area contributed by atoms with E-state index in [4.69, 9.17) is 4.74 Å². The molecule has 0 aliphatic rings. The van der Waals surface area contributed by atoms with E-state index in [-0.39, 0.29) is 18.0 Å². The molecule has 1 rings (SSSR count). The molecule has 0 fully saturated rings. The molecule has 4 nitrogen and oxygen atoms in total. The minimum Gasteiger partial charge on any atom is -0.383 e. The lowest BCUT2D eigenvalue weighted by molar-refractivity contribution is 0.0952. The Balaban J connectivity index is 0.00000361. The van der Waals surface area contributed by atoms with Gasteiger partial charge in [0.1, 0.15) is 0 Å². The van der Waals surface area contributed by atoms with Crippen molar-refractivity contribution in [2.45, 2.75) is 0 Å². The maximum absolute atomic E-state index is 13.1. The van der Waals surface area contributed by atoms with E-state index in [1.54, 1.807) is 29.7 Å². The van der Waals surface area contributed by atoms with Gasteiger partial charge in [-0.3, -0.25) is 4.79 Å². The third kappa shape index (κ3) is 6.29. The van der Waals surface area contributed by atoms with E-state index in [9.17, 15) is 13.6 Å². The molecule has 0 bridgehead atoms. The first-order chi connectivity index (χ1) is 9.06. The summed E-state index contributed by atoms with van der Waals surface area (Å²) in [5.41, 5.74) is 0.136. The summed E-state index contributed by atoms with van der Waals surface area (Å²) in [6.45, 7) is 2.26. The second-order valence-electron chi connectivity index (χ2n) is 3.74. The molecule has 0 atom stereocenters. The number of halogens is 4. The van der Waals surface area contributed by atoms with Crippen LogP contribution in [-0.2, 0) is 4.74 Å². The summed E-state index contributed by atoms with van der Waals surface area (Å²) >= 11 is 1.80. The summed E-state index contributed by atoms with van der Waals surface area (Å²) in [7, 11) is 1.61. The standard InChI is InChI=1S/C12H15F2IN2O2.ClH/c1-19-5-4-16-2-3-17-12(18)8-6-9(13)10(14)7-11(8)15;/h6-7,16H,2-5H2,1H3,(H,17,18);1H. The van der Waals surface area contributed by atoms with Crippen LogP contribution in [0.25, 0.3) is 0 Å². The van der Waals surface area contributed by atoms with Gasteiger partial charge in [0, 0.05) is 30.3 Å². The van der Waals surface area contributed by atoms with Crippen LogP contribution in [0, 0.1) is 15.2 Å². The number of carbonyl (C=O) groups is 1. The molecule has 0 heterocycles.